The predicted octanol–water partition coefficient (Wildman–Crippen LogP) is 4.02. The van der Waals surface area contributed by atoms with Crippen molar-refractivity contribution in [1.82, 2.24) is 5.32 Å². The van der Waals surface area contributed by atoms with Crippen molar-refractivity contribution in [3.05, 3.63) is 32.7 Å². The summed E-state index contributed by atoms with van der Waals surface area (Å²) in [6.07, 6.45) is 2.68. The number of hydrogen-bond donors (Lipinski definition) is 1. The smallest absolute Gasteiger partial charge is 0.0305 e. The van der Waals surface area contributed by atoms with E-state index in [1.165, 1.54) is 5.56 Å². The van der Waals surface area contributed by atoms with Crippen LogP contribution in [0.3, 0.4) is 0 Å². The molecule has 0 aliphatic heterocycles. The van der Waals surface area contributed by atoms with Gasteiger partial charge in [0.2, 0.25) is 0 Å². The van der Waals surface area contributed by atoms with Crippen LogP contribution in [-0.4, -0.2) is 22.3 Å². The fourth-order valence-corrected chi connectivity index (χ4v) is 3.87. The van der Waals surface area contributed by atoms with Gasteiger partial charge in [0.1, 0.15) is 0 Å². The first kappa shape index (κ1) is 16.3. The number of nitrogens with one attached hydrogen (secondary N) is 1. The van der Waals surface area contributed by atoms with Crippen LogP contribution in [0.5, 0.6) is 0 Å². The molecule has 0 fully saturated rings. The molecule has 0 aliphatic rings. The van der Waals surface area contributed by atoms with Crippen LogP contribution in [0.25, 0.3) is 0 Å². The maximum atomic E-state index is 11.1. The Bertz CT molecular complexity index is 425. The van der Waals surface area contributed by atoms with Gasteiger partial charge in [-0.2, -0.15) is 0 Å². The second-order valence-electron chi connectivity index (χ2n) is 4.52. The van der Waals surface area contributed by atoms with Crippen molar-refractivity contribution in [3.63, 3.8) is 0 Å². The molecular formula is C13H19Br2NOS. The van der Waals surface area contributed by atoms with Crippen molar-refractivity contribution in [3.8, 4) is 0 Å². The second-order valence-corrected chi connectivity index (χ2v) is 7.85. The highest BCUT2D eigenvalue weighted by atomic mass is 79.9. The van der Waals surface area contributed by atoms with Crippen molar-refractivity contribution < 1.29 is 4.21 Å². The normalized spacial score (nSPS) is 16.3. The van der Waals surface area contributed by atoms with E-state index in [0.717, 1.165) is 21.1 Å². The minimum atomic E-state index is -0.708. The Morgan fingerprint density at radius 2 is 2.00 bits per heavy atom. The summed E-state index contributed by atoms with van der Waals surface area (Å²) < 4.78 is 13.2. The van der Waals surface area contributed by atoms with Gasteiger partial charge in [0.15, 0.2) is 0 Å². The van der Waals surface area contributed by atoms with Gasteiger partial charge in [-0.3, -0.25) is 4.21 Å². The molecule has 0 amide bonds. The minimum absolute atomic E-state index is 0.271. The first-order valence-corrected chi connectivity index (χ1v) is 9.22. The Labute approximate surface area is 129 Å². The van der Waals surface area contributed by atoms with Crippen LogP contribution < -0.4 is 5.32 Å². The Morgan fingerprint density at radius 3 is 2.56 bits per heavy atom. The van der Waals surface area contributed by atoms with Gasteiger partial charge in [-0.05, 0) is 38.0 Å². The van der Waals surface area contributed by atoms with E-state index in [-0.39, 0.29) is 6.04 Å². The second kappa shape index (κ2) is 7.78. The summed E-state index contributed by atoms with van der Waals surface area (Å²) in [6, 6.07) is 6.84. The van der Waals surface area contributed by atoms with Crippen molar-refractivity contribution in [2.45, 2.75) is 32.4 Å². The van der Waals surface area contributed by atoms with E-state index < -0.39 is 10.8 Å². The van der Waals surface area contributed by atoms with E-state index in [0.29, 0.717) is 6.04 Å². The van der Waals surface area contributed by atoms with Crippen molar-refractivity contribution in [2.75, 3.05) is 12.0 Å². The predicted molar refractivity (Wildman–Crippen MR) is 86.4 cm³/mol. The highest BCUT2D eigenvalue weighted by molar-refractivity contribution is 9.11. The van der Waals surface area contributed by atoms with Gasteiger partial charge in [0, 0.05) is 43.8 Å². The lowest BCUT2D eigenvalue weighted by Gasteiger charge is -2.21. The van der Waals surface area contributed by atoms with Gasteiger partial charge in [-0.25, -0.2) is 0 Å². The van der Waals surface area contributed by atoms with Crippen LogP contribution >= 0.6 is 31.9 Å². The van der Waals surface area contributed by atoms with E-state index in [2.05, 4.69) is 63.2 Å². The third-order valence-electron chi connectivity index (χ3n) is 2.80. The summed E-state index contributed by atoms with van der Waals surface area (Å²) >= 11 is 7.03. The van der Waals surface area contributed by atoms with Crippen LogP contribution in [-0.2, 0) is 10.8 Å². The molecule has 1 aromatic rings. The molecule has 5 heteroatoms. The number of rotatable bonds is 6. The standard InChI is InChI=1S/C13H19Br2NOS/c1-9(6-7-18(3)17)16-10(2)12-5-4-11(14)8-13(12)15/h4-5,8-10,16H,6-7H2,1-3H3. The topological polar surface area (TPSA) is 29.1 Å². The Balaban J connectivity index is 2.59. The Morgan fingerprint density at radius 1 is 1.33 bits per heavy atom. The lowest BCUT2D eigenvalue weighted by Crippen LogP contribution is -2.30. The zero-order chi connectivity index (χ0) is 13.7. The average molecular weight is 397 g/mol. The molecule has 0 saturated heterocycles. The summed E-state index contributed by atoms with van der Waals surface area (Å²) in [7, 11) is -0.708. The van der Waals surface area contributed by atoms with Crippen LogP contribution in [0, 0.1) is 0 Å². The first-order valence-electron chi connectivity index (χ1n) is 5.91. The van der Waals surface area contributed by atoms with Gasteiger partial charge >= 0.3 is 0 Å². The van der Waals surface area contributed by atoms with Crippen LogP contribution in [0.15, 0.2) is 27.1 Å². The maximum absolute atomic E-state index is 11.1. The summed E-state index contributed by atoms with van der Waals surface area (Å²) in [6.45, 7) is 4.28. The number of halogens is 2. The van der Waals surface area contributed by atoms with E-state index in [9.17, 15) is 4.21 Å². The molecule has 0 aliphatic carbocycles. The van der Waals surface area contributed by atoms with Crippen LogP contribution in [0.2, 0.25) is 0 Å². The number of benzene rings is 1. The number of hydrogen-bond acceptors (Lipinski definition) is 2. The molecule has 2 nitrogen and oxygen atoms in total. The van der Waals surface area contributed by atoms with Crippen LogP contribution in [0.4, 0.5) is 0 Å². The van der Waals surface area contributed by atoms with Crippen LogP contribution in [0.1, 0.15) is 31.9 Å². The molecule has 3 unspecified atom stereocenters. The first-order chi connectivity index (χ1) is 8.40. The summed E-state index contributed by atoms with van der Waals surface area (Å²) in [5.41, 5.74) is 1.24. The SMILES string of the molecule is CC(CCS(C)=O)NC(C)c1ccc(Br)cc1Br. The molecule has 0 radical (unpaired) electrons. The molecule has 3 atom stereocenters. The summed E-state index contributed by atoms with van der Waals surface area (Å²) in [5, 5.41) is 3.53. The third-order valence-corrected chi connectivity index (χ3v) is 4.79. The van der Waals surface area contributed by atoms with E-state index in [1.807, 2.05) is 6.07 Å². The molecule has 0 saturated carbocycles. The molecular weight excluding hydrogens is 378 g/mol. The van der Waals surface area contributed by atoms with E-state index in [4.69, 9.17) is 0 Å². The van der Waals surface area contributed by atoms with Crippen molar-refractivity contribution in [2.24, 2.45) is 0 Å². The molecule has 18 heavy (non-hydrogen) atoms. The Kier molecular flexibility index (Phi) is 7.06. The van der Waals surface area contributed by atoms with Gasteiger partial charge in [0.25, 0.3) is 0 Å². The van der Waals surface area contributed by atoms with Gasteiger partial charge < -0.3 is 5.32 Å². The highest BCUT2D eigenvalue weighted by Gasteiger charge is 2.12. The average Bonchev–Trinajstić information content (AvgIpc) is 2.26. The molecule has 102 valence electrons. The largest absolute Gasteiger partial charge is 0.308 e. The van der Waals surface area contributed by atoms with Crippen molar-refractivity contribution >= 4 is 42.7 Å². The monoisotopic (exact) mass is 395 g/mol. The lowest BCUT2D eigenvalue weighted by atomic mass is 10.1. The maximum Gasteiger partial charge on any atom is 0.0305 e. The highest BCUT2D eigenvalue weighted by Crippen LogP contribution is 2.27. The fourth-order valence-electron chi connectivity index (χ4n) is 1.80. The molecule has 0 spiro atoms. The lowest BCUT2D eigenvalue weighted by molar-refractivity contribution is 0.469. The zero-order valence-corrected chi connectivity index (χ0v) is 14.9. The third kappa shape index (κ3) is 5.51. The van der Waals surface area contributed by atoms with Gasteiger partial charge in [-0.1, -0.05) is 37.9 Å². The molecule has 1 rings (SSSR count). The minimum Gasteiger partial charge on any atom is -0.308 e. The van der Waals surface area contributed by atoms with Gasteiger partial charge in [-0.15, -0.1) is 0 Å². The quantitative estimate of drug-likeness (QED) is 0.786. The Hall–Kier alpha value is 0.290. The van der Waals surface area contributed by atoms with Crippen molar-refractivity contribution in [1.29, 1.82) is 0 Å². The fraction of sp³-hybridized carbons (Fsp3) is 0.538. The zero-order valence-electron chi connectivity index (χ0n) is 10.9. The van der Waals surface area contributed by atoms with Gasteiger partial charge in [0.05, 0.1) is 0 Å². The molecule has 0 aromatic heterocycles. The summed E-state index contributed by atoms with van der Waals surface area (Å²) in [4.78, 5) is 0. The van der Waals surface area contributed by atoms with E-state index in [1.54, 1.807) is 6.26 Å². The molecule has 0 bridgehead atoms. The summed E-state index contributed by atoms with van der Waals surface area (Å²) in [5.74, 6) is 0.752. The molecule has 1 aromatic carbocycles. The van der Waals surface area contributed by atoms with E-state index >= 15 is 0 Å². The molecule has 0 heterocycles. The molecule has 1 N–H and O–H groups in total.